The molecule has 1 aromatic rings. The van der Waals surface area contributed by atoms with Crippen LogP contribution in [0.2, 0.25) is 0 Å². The number of amides is 1. The molecule has 2 heterocycles. The van der Waals surface area contributed by atoms with Crippen LogP contribution in [0, 0.1) is 0 Å². The van der Waals surface area contributed by atoms with Crippen LogP contribution in [0.4, 0.5) is 0 Å². The molecule has 16 heavy (non-hydrogen) atoms. The highest BCUT2D eigenvalue weighted by molar-refractivity contribution is 6.04. The van der Waals surface area contributed by atoms with Crippen LogP contribution < -0.4 is 0 Å². The molecule has 1 aromatic heterocycles. The summed E-state index contributed by atoms with van der Waals surface area (Å²) in [5, 5.41) is 18.0. The molecule has 0 radical (unpaired) electrons. The van der Waals surface area contributed by atoms with Crippen molar-refractivity contribution in [3.05, 3.63) is 35.5 Å². The van der Waals surface area contributed by atoms with Crippen molar-refractivity contribution in [2.45, 2.75) is 6.54 Å². The van der Waals surface area contributed by atoms with Crippen molar-refractivity contribution >= 4 is 11.9 Å². The van der Waals surface area contributed by atoms with E-state index >= 15 is 0 Å². The van der Waals surface area contributed by atoms with Gasteiger partial charge in [-0.3, -0.25) is 4.79 Å². The minimum atomic E-state index is -1.28. The predicted molar refractivity (Wildman–Crippen MR) is 51.4 cm³/mol. The molecule has 0 aliphatic carbocycles. The van der Waals surface area contributed by atoms with Gasteiger partial charge in [0.15, 0.2) is 5.76 Å². The molecule has 1 aliphatic rings. The number of carboxylic acid groups (broad SMARTS) is 1. The number of aliphatic carboxylic acids is 1. The molecule has 0 saturated heterocycles. The number of carbonyl (C=O) groups excluding carboxylic acids is 1. The number of hydrogen-bond donors (Lipinski definition) is 2. The Kier molecular flexibility index (Phi) is 2.40. The van der Waals surface area contributed by atoms with Gasteiger partial charge in [0.2, 0.25) is 0 Å². The van der Waals surface area contributed by atoms with Gasteiger partial charge < -0.3 is 19.5 Å². The van der Waals surface area contributed by atoms with E-state index < -0.39 is 17.6 Å². The standard InChI is InChI=1S/C10H9NO5/c12-8-7(10(14)15)5-11(9(8)13)4-6-2-1-3-16-6/h1-3,12H,4-5H2,(H,14,15). The molecule has 2 N–H and O–H groups in total. The lowest BCUT2D eigenvalue weighted by molar-refractivity contribution is -0.133. The van der Waals surface area contributed by atoms with Gasteiger partial charge in [-0.2, -0.15) is 0 Å². The molecule has 0 unspecified atom stereocenters. The van der Waals surface area contributed by atoms with Gasteiger partial charge in [0.1, 0.15) is 11.3 Å². The average Bonchev–Trinajstić information content (AvgIpc) is 2.82. The third-order valence-electron chi connectivity index (χ3n) is 2.31. The molecule has 0 fully saturated rings. The third kappa shape index (κ3) is 1.65. The first-order valence-corrected chi connectivity index (χ1v) is 4.56. The van der Waals surface area contributed by atoms with E-state index in [1.165, 1.54) is 11.2 Å². The topological polar surface area (TPSA) is 91.0 Å². The van der Waals surface area contributed by atoms with Crippen molar-refractivity contribution in [3.63, 3.8) is 0 Å². The van der Waals surface area contributed by atoms with E-state index in [0.717, 1.165) is 0 Å². The van der Waals surface area contributed by atoms with Crippen LogP contribution in [0.15, 0.2) is 34.1 Å². The molecule has 0 spiro atoms. The first-order chi connectivity index (χ1) is 7.59. The highest BCUT2D eigenvalue weighted by Gasteiger charge is 2.34. The van der Waals surface area contributed by atoms with Crippen LogP contribution in [0.5, 0.6) is 0 Å². The van der Waals surface area contributed by atoms with Crippen molar-refractivity contribution < 1.29 is 24.2 Å². The number of carbonyl (C=O) groups is 2. The Bertz CT molecular complexity index is 460. The first kappa shape index (κ1) is 10.3. The molecule has 0 aromatic carbocycles. The highest BCUT2D eigenvalue weighted by Crippen LogP contribution is 2.19. The van der Waals surface area contributed by atoms with E-state index in [1.54, 1.807) is 12.1 Å². The molecule has 1 aliphatic heterocycles. The molecule has 2 rings (SSSR count). The van der Waals surface area contributed by atoms with Gasteiger partial charge >= 0.3 is 5.97 Å². The molecule has 0 bridgehead atoms. The van der Waals surface area contributed by atoms with Gasteiger partial charge in [0.25, 0.3) is 5.91 Å². The van der Waals surface area contributed by atoms with E-state index in [-0.39, 0.29) is 18.7 Å². The predicted octanol–water partition coefficient (Wildman–Crippen LogP) is 0.518. The summed E-state index contributed by atoms with van der Waals surface area (Å²) in [4.78, 5) is 23.4. The van der Waals surface area contributed by atoms with Crippen molar-refractivity contribution in [1.82, 2.24) is 4.90 Å². The van der Waals surface area contributed by atoms with E-state index in [2.05, 4.69) is 0 Å². The maximum absolute atomic E-state index is 11.5. The number of carboxylic acids is 1. The van der Waals surface area contributed by atoms with Crippen LogP contribution in [-0.2, 0) is 16.1 Å². The third-order valence-corrected chi connectivity index (χ3v) is 2.31. The molecule has 6 heteroatoms. The number of rotatable bonds is 3. The second-order valence-corrected chi connectivity index (χ2v) is 3.37. The van der Waals surface area contributed by atoms with Crippen LogP contribution in [-0.4, -0.2) is 33.5 Å². The Balaban J connectivity index is 2.13. The van der Waals surface area contributed by atoms with Gasteiger partial charge in [-0.1, -0.05) is 0 Å². The number of aliphatic hydroxyl groups excluding tert-OH is 1. The number of nitrogens with zero attached hydrogens (tertiary/aromatic N) is 1. The van der Waals surface area contributed by atoms with Crippen LogP contribution >= 0.6 is 0 Å². The average molecular weight is 223 g/mol. The largest absolute Gasteiger partial charge is 0.503 e. The maximum Gasteiger partial charge on any atom is 0.337 e. The summed E-state index contributed by atoms with van der Waals surface area (Å²) in [6.45, 7) is 0.0351. The summed E-state index contributed by atoms with van der Waals surface area (Å²) in [5.41, 5.74) is -0.281. The zero-order valence-corrected chi connectivity index (χ0v) is 8.21. The molecular formula is C10H9NO5. The first-order valence-electron chi connectivity index (χ1n) is 4.56. The Morgan fingerprint density at radius 1 is 1.56 bits per heavy atom. The summed E-state index contributed by atoms with van der Waals surface area (Å²) in [6.07, 6.45) is 1.46. The van der Waals surface area contributed by atoms with Gasteiger partial charge in [0, 0.05) is 0 Å². The fourth-order valence-electron chi connectivity index (χ4n) is 1.50. The van der Waals surface area contributed by atoms with Crippen molar-refractivity contribution in [3.8, 4) is 0 Å². The van der Waals surface area contributed by atoms with Gasteiger partial charge in [-0.25, -0.2) is 4.79 Å². The summed E-state index contributed by atoms with van der Waals surface area (Å²) in [7, 11) is 0. The fourth-order valence-corrected chi connectivity index (χ4v) is 1.50. The Morgan fingerprint density at radius 2 is 2.31 bits per heavy atom. The molecule has 1 amide bonds. The highest BCUT2D eigenvalue weighted by atomic mass is 16.4. The number of furan rings is 1. The van der Waals surface area contributed by atoms with E-state index in [1.807, 2.05) is 0 Å². The Hall–Kier alpha value is -2.24. The Labute approximate surface area is 90.4 Å². The van der Waals surface area contributed by atoms with E-state index in [4.69, 9.17) is 9.52 Å². The monoisotopic (exact) mass is 223 g/mol. The minimum Gasteiger partial charge on any atom is -0.503 e. The molecule has 6 nitrogen and oxygen atoms in total. The zero-order chi connectivity index (χ0) is 11.7. The summed E-state index contributed by atoms with van der Waals surface area (Å²) >= 11 is 0. The zero-order valence-electron chi connectivity index (χ0n) is 8.21. The minimum absolute atomic E-state index is 0.110. The lowest BCUT2D eigenvalue weighted by atomic mass is 10.3. The fraction of sp³-hybridized carbons (Fsp3) is 0.200. The van der Waals surface area contributed by atoms with E-state index in [0.29, 0.717) is 5.76 Å². The lowest BCUT2D eigenvalue weighted by Gasteiger charge is -2.13. The number of hydrogen-bond acceptors (Lipinski definition) is 4. The van der Waals surface area contributed by atoms with Gasteiger partial charge in [-0.05, 0) is 12.1 Å². The van der Waals surface area contributed by atoms with Gasteiger partial charge in [-0.15, -0.1) is 0 Å². The molecule has 0 atom stereocenters. The van der Waals surface area contributed by atoms with Crippen molar-refractivity contribution in [2.75, 3.05) is 6.54 Å². The number of aliphatic hydroxyl groups is 1. The van der Waals surface area contributed by atoms with Crippen molar-refractivity contribution in [1.29, 1.82) is 0 Å². The molecular weight excluding hydrogens is 214 g/mol. The summed E-state index contributed by atoms with van der Waals surface area (Å²) < 4.78 is 5.03. The van der Waals surface area contributed by atoms with Crippen LogP contribution in [0.3, 0.4) is 0 Å². The lowest BCUT2D eigenvalue weighted by Crippen LogP contribution is -2.26. The smallest absolute Gasteiger partial charge is 0.337 e. The second kappa shape index (κ2) is 3.73. The van der Waals surface area contributed by atoms with E-state index in [9.17, 15) is 14.7 Å². The van der Waals surface area contributed by atoms with Crippen molar-refractivity contribution in [2.24, 2.45) is 0 Å². The second-order valence-electron chi connectivity index (χ2n) is 3.37. The summed E-state index contributed by atoms with van der Waals surface area (Å²) in [5.74, 6) is -2.13. The molecule has 84 valence electrons. The van der Waals surface area contributed by atoms with Gasteiger partial charge in [0.05, 0.1) is 19.4 Å². The normalized spacial score (nSPS) is 16.0. The maximum atomic E-state index is 11.5. The Morgan fingerprint density at radius 3 is 2.81 bits per heavy atom. The van der Waals surface area contributed by atoms with Crippen LogP contribution in [0.25, 0.3) is 0 Å². The molecule has 0 saturated carbocycles. The SMILES string of the molecule is O=C(O)C1=C(O)C(=O)N(Cc2ccco2)C1. The summed E-state index contributed by atoms with van der Waals surface area (Å²) in [6, 6.07) is 3.34. The van der Waals surface area contributed by atoms with Crippen LogP contribution in [0.1, 0.15) is 5.76 Å². The quantitative estimate of drug-likeness (QED) is 0.779.